The number of benzene rings is 1. The minimum absolute atomic E-state index is 0.163. The standard InChI is InChI=1S/C17H19F3N4O2/c18-17(19,20)13-1-3-14(4-2-13)26-12-11-24-10-7-22-15(16(24)25)23-8-5-21-6-9-23/h1-4,7,10,21H,5-6,8-9,11-12H2. The van der Waals surface area contributed by atoms with Crippen LogP contribution >= 0.6 is 0 Å². The molecule has 3 rings (SSSR count). The van der Waals surface area contributed by atoms with Gasteiger partial charge in [0.15, 0.2) is 5.82 Å². The summed E-state index contributed by atoms with van der Waals surface area (Å²) in [5.41, 5.74) is -0.929. The third kappa shape index (κ3) is 4.34. The van der Waals surface area contributed by atoms with E-state index < -0.39 is 11.7 Å². The lowest BCUT2D eigenvalue weighted by Crippen LogP contribution is -2.46. The number of nitrogens with one attached hydrogen (secondary N) is 1. The van der Waals surface area contributed by atoms with Gasteiger partial charge in [-0.2, -0.15) is 13.2 Å². The highest BCUT2D eigenvalue weighted by atomic mass is 19.4. The molecule has 6 nitrogen and oxygen atoms in total. The molecule has 1 aliphatic heterocycles. The first-order chi connectivity index (χ1) is 12.4. The predicted octanol–water partition coefficient (Wildman–Crippen LogP) is 1.75. The summed E-state index contributed by atoms with van der Waals surface area (Å²) in [4.78, 5) is 18.6. The molecule has 1 aliphatic rings. The Bertz CT molecular complexity index is 784. The fourth-order valence-electron chi connectivity index (χ4n) is 2.71. The van der Waals surface area contributed by atoms with Crippen molar-refractivity contribution in [1.29, 1.82) is 0 Å². The molecule has 0 saturated carbocycles. The number of alkyl halides is 3. The van der Waals surface area contributed by atoms with E-state index in [0.29, 0.717) is 24.7 Å². The number of ether oxygens (including phenoxy) is 1. The largest absolute Gasteiger partial charge is 0.492 e. The molecule has 26 heavy (non-hydrogen) atoms. The van der Waals surface area contributed by atoms with Crippen LogP contribution in [0.15, 0.2) is 41.5 Å². The van der Waals surface area contributed by atoms with Crippen molar-refractivity contribution in [3.05, 3.63) is 52.6 Å². The second-order valence-electron chi connectivity index (χ2n) is 5.86. The topological polar surface area (TPSA) is 59.4 Å². The van der Waals surface area contributed by atoms with E-state index in [1.54, 1.807) is 12.4 Å². The van der Waals surface area contributed by atoms with Crippen molar-refractivity contribution in [2.24, 2.45) is 0 Å². The van der Waals surface area contributed by atoms with Crippen molar-refractivity contribution in [1.82, 2.24) is 14.9 Å². The third-order valence-electron chi connectivity index (χ3n) is 4.09. The van der Waals surface area contributed by atoms with Crippen LogP contribution in [0.5, 0.6) is 5.75 Å². The molecule has 1 fully saturated rings. The molecule has 1 aromatic heterocycles. The Morgan fingerprint density at radius 2 is 1.85 bits per heavy atom. The van der Waals surface area contributed by atoms with Crippen molar-refractivity contribution in [3.63, 3.8) is 0 Å². The number of nitrogens with zero attached hydrogens (tertiary/aromatic N) is 3. The molecule has 0 atom stereocenters. The lowest BCUT2D eigenvalue weighted by molar-refractivity contribution is -0.137. The first kappa shape index (κ1) is 18.2. The highest BCUT2D eigenvalue weighted by molar-refractivity contribution is 5.36. The van der Waals surface area contributed by atoms with Gasteiger partial charge in [-0.15, -0.1) is 0 Å². The van der Waals surface area contributed by atoms with Crippen LogP contribution < -0.4 is 20.5 Å². The molecule has 9 heteroatoms. The fourth-order valence-corrected chi connectivity index (χ4v) is 2.71. The Labute approximate surface area is 148 Å². The number of halogens is 3. The highest BCUT2D eigenvalue weighted by Crippen LogP contribution is 2.30. The van der Waals surface area contributed by atoms with Gasteiger partial charge < -0.3 is 19.5 Å². The molecule has 140 valence electrons. The molecule has 0 aliphatic carbocycles. The SMILES string of the molecule is O=c1c(N2CCNCC2)nccn1CCOc1ccc(C(F)(F)F)cc1. The van der Waals surface area contributed by atoms with E-state index in [4.69, 9.17) is 4.74 Å². The Kier molecular flexibility index (Phi) is 5.46. The van der Waals surface area contributed by atoms with Crippen LogP contribution in [0.1, 0.15) is 5.56 Å². The van der Waals surface area contributed by atoms with Gasteiger partial charge in [-0.25, -0.2) is 4.98 Å². The molecular weight excluding hydrogens is 349 g/mol. The van der Waals surface area contributed by atoms with Crippen molar-refractivity contribution in [2.45, 2.75) is 12.7 Å². The third-order valence-corrected chi connectivity index (χ3v) is 4.09. The first-order valence-corrected chi connectivity index (χ1v) is 8.26. The summed E-state index contributed by atoms with van der Waals surface area (Å²) in [6, 6.07) is 4.47. The Morgan fingerprint density at radius 3 is 2.50 bits per heavy atom. The molecular formula is C17H19F3N4O2. The van der Waals surface area contributed by atoms with Crippen molar-refractivity contribution in [2.75, 3.05) is 37.7 Å². The average molecular weight is 368 g/mol. The van der Waals surface area contributed by atoms with Gasteiger partial charge in [0.2, 0.25) is 0 Å². The van der Waals surface area contributed by atoms with Crippen molar-refractivity contribution < 1.29 is 17.9 Å². The first-order valence-electron chi connectivity index (χ1n) is 8.26. The summed E-state index contributed by atoms with van der Waals surface area (Å²) < 4.78 is 44.5. The smallest absolute Gasteiger partial charge is 0.416 e. The summed E-state index contributed by atoms with van der Waals surface area (Å²) >= 11 is 0. The van der Waals surface area contributed by atoms with Gasteiger partial charge in [0, 0.05) is 38.6 Å². The monoisotopic (exact) mass is 368 g/mol. The van der Waals surface area contributed by atoms with Crippen LogP contribution in [-0.2, 0) is 12.7 Å². The van der Waals surface area contributed by atoms with E-state index in [1.165, 1.54) is 16.7 Å². The van der Waals surface area contributed by atoms with Crippen molar-refractivity contribution in [3.8, 4) is 5.75 Å². The second-order valence-corrected chi connectivity index (χ2v) is 5.86. The molecule has 0 bridgehead atoms. The van der Waals surface area contributed by atoms with Crippen LogP contribution in [0, 0.1) is 0 Å². The summed E-state index contributed by atoms with van der Waals surface area (Å²) in [6.45, 7) is 3.47. The summed E-state index contributed by atoms with van der Waals surface area (Å²) in [5, 5.41) is 3.22. The zero-order chi connectivity index (χ0) is 18.6. The summed E-state index contributed by atoms with van der Waals surface area (Å²) in [5.74, 6) is 0.728. The number of piperazine rings is 1. The molecule has 0 spiro atoms. The maximum atomic E-state index is 12.5. The molecule has 0 unspecified atom stereocenters. The number of hydrogen-bond acceptors (Lipinski definition) is 5. The van der Waals surface area contributed by atoms with Crippen LogP contribution in [0.3, 0.4) is 0 Å². The van der Waals surface area contributed by atoms with Crippen molar-refractivity contribution >= 4 is 5.82 Å². The highest BCUT2D eigenvalue weighted by Gasteiger charge is 2.30. The number of rotatable bonds is 5. The molecule has 2 aromatic rings. The van der Waals surface area contributed by atoms with Gasteiger partial charge in [0.25, 0.3) is 5.56 Å². The van der Waals surface area contributed by atoms with Gasteiger partial charge >= 0.3 is 6.18 Å². The van der Waals surface area contributed by atoms with E-state index in [0.717, 1.165) is 25.2 Å². The molecule has 2 heterocycles. The molecule has 1 aromatic carbocycles. The van der Waals surface area contributed by atoms with E-state index >= 15 is 0 Å². The summed E-state index contributed by atoms with van der Waals surface area (Å²) in [7, 11) is 0. The minimum Gasteiger partial charge on any atom is -0.492 e. The predicted molar refractivity (Wildman–Crippen MR) is 90.5 cm³/mol. The van der Waals surface area contributed by atoms with E-state index in [9.17, 15) is 18.0 Å². The number of aromatic nitrogens is 2. The van der Waals surface area contributed by atoms with E-state index in [-0.39, 0.29) is 18.7 Å². The summed E-state index contributed by atoms with van der Waals surface area (Å²) in [6.07, 6.45) is -1.23. The number of anilines is 1. The van der Waals surface area contributed by atoms with Crippen LogP contribution in [-0.4, -0.2) is 42.3 Å². The average Bonchev–Trinajstić information content (AvgIpc) is 2.63. The van der Waals surface area contributed by atoms with Gasteiger partial charge in [-0.3, -0.25) is 4.79 Å². The zero-order valence-corrected chi connectivity index (χ0v) is 14.0. The van der Waals surface area contributed by atoms with Crippen LogP contribution in [0.25, 0.3) is 0 Å². The lowest BCUT2D eigenvalue weighted by atomic mass is 10.2. The van der Waals surface area contributed by atoms with Crippen LogP contribution in [0.4, 0.5) is 19.0 Å². The normalized spacial score (nSPS) is 15.1. The molecule has 1 N–H and O–H groups in total. The number of hydrogen-bond donors (Lipinski definition) is 1. The van der Waals surface area contributed by atoms with Gasteiger partial charge in [0.1, 0.15) is 12.4 Å². The minimum atomic E-state index is -4.37. The van der Waals surface area contributed by atoms with E-state index in [2.05, 4.69) is 10.3 Å². The lowest BCUT2D eigenvalue weighted by Gasteiger charge is -2.27. The van der Waals surface area contributed by atoms with E-state index in [1.807, 2.05) is 4.90 Å². The zero-order valence-electron chi connectivity index (χ0n) is 14.0. The maximum Gasteiger partial charge on any atom is 0.416 e. The Balaban J connectivity index is 1.60. The van der Waals surface area contributed by atoms with Gasteiger partial charge in [-0.1, -0.05) is 0 Å². The fraction of sp³-hybridized carbons (Fsp3) is 0.412. The van der Waals surface area contributed by atoms with Gasteiger partial charge in [-0.05, 0) is 24.3 Å². The Morgan fingerprint density at radius 1 is 1.15 bits per heavy atom. The molecule has 0 radical (unpaired) electrons. The van der Waals surface area contributed by atoms with Crippen LogP contribution in [0.2, 0.25) is 0 Å². The quantitative estimate of drug-likeness (QED) is 0.872. The van der Waals surface area contributed by atoms with Gasteiger partial charge in [0.05, 0.1) is 12.1 Å². The Hall–Kier alpha value is -2.55. The maximum absolute atomic E-state index is 12.5. The molecule has 1 saturated heterocycles. The molecule has 0 amide bonds. The second kappa shape index (κ2) is 7.77.